The lowest BCUT2D eigenvalue weighted by molar-refractivity contribution is -0.118. The summed E-state index contributed by atoms with van der Waals surface area (Å²) in [6, 6.07) is 0. The van der Waals surface area contributed by atoms with E-state index in [0.717, 1.165) is 13.0 Å². The van der Waals surface area contributed by atoms with Gasteiger partial charge in [0.2, 0.25) is 0 Å². The summed E-state index contributed by atoms with van der Waals surface area (Å²) in [4.78, 5) is 30.8. The third kappa shape index (κ3) is 1.66. The molecule has 1 saturated heterocycles. The monoisotopic (exact) mass is 193 g/mol. The van der Waals surface area contributed by atoms with Crippen LogP contribution < -0.4 is 10.5 Å². The van der Waals surface area contributed by atoms with E-state index in [1.165, 1.54) is 12.4 Å². The molecule has 0 unspecified atom stereocenters. The van der Waals surface area contributed by atoms with Gasteiger partial charge in [-0.15, -0.1) is 0 Å². The van der Waals surface area contributed by atoms with Crippen LogP contribution in [0, 0.1) is 0 Å². The lowest BCUT2D eigenvalue weighted by Gasteiger charge is -2.25. The molecule has 74 valence electrons. The fourth-order valence-corrected chi connectivity index (χ4v) is 1.59. The van der Waals surface area contributed by atoms with E-state index in [9.17, 15) is 9.59 Å². The van der Waals surface area contributed by atoms with Crippen molar-refractivity contribution in [3.63, 3.8) is 0 Å². The van der Waals surface area contributed by atoms with Crippen molar-refractivity contribution >= 4 is 11.6 Å². The quantitative estimate of drug-likeness (QED) is 0.678. The normalized spacial score (nSPS) is 17.1. The molecule has 2 heterocycles. The summed E-state index contributed by atoms with van der Waals surface area (Å²) in [5.74, 6) is 0.516. The Morgan fingerprint density at radius 3 is 3.00 bits per heavy atom. The van der Waals surface area contributed by atoms with Gasteiger partial charge in [-0.25, -0.2) is 4.98 Å². The molecule has 0 saturated carbocycles. The van der Waals surface area contributed by atoms with Gasteiger partial charge in [0.1, 0.15) is 0 Å². The highest BCUT2D eigenvalue weighted by Gasteiger charge is 2.19. The highest BCUT2D eigenvalue weighted by Crippen LogP contribution is 2.10. The number of piperidine rings is 1. The largest absolute Gasteiger partial charge is 0.345 e. The van der Waals surface area contributed by atoms with Gasteiger partial charge >= 0.3 is 0 Å². The predicted octanol–water partition coefficient (Wildman–Crippen LogP) is -0.0608. The van der Waals surface area contributed by atoms with Crippen molar-refractivity contribution in [3.05, 3.63) is 22.7 Å². The summed E-state index contributed by atoms with van der Waals surface area (Å²) in [5.41, 5.74) is -0.234. The second-order valence-electron chi connectivity index (χ2n) is 3.31. The van der Waals surface area contributed by atoms with E-state index >= 15 is 0 Å². The number of anilines is 1. The number of Topliss-reactive ketones (excluding diaryl/α,β-unsaturated/α-hetero) is 1. The molecular formula is C9H11N3O2. The third-order valence-electron chi connectivity index (χ3n) is 2.24. The van der Waals surface area contributed by atoms with Gasteiger partial charge in [0.05, 0.1) is 6.54 Å². The number of H-pyrrole nitrogens is 1. The summed E-state index contributed by atoms with van der Waals surface area (Å²) in [7, 11) is 0. The van der Waals surface area contributed by atoms with Gasteiger partial charge in [-0.1, -0.05) is 0 Å². The van der Waals surface area contributed by atoms with E-state index in [1.54, 1.807) is 4.90 Å². The number of rotatable bonds is 1. The van der Waals surface area contributed by atoms with E-state index in [2.05, 4.69) is 9.97 Å². The van der Waals surface area contributed by atoms with Crippen LogP contribution in [0.1, 0.15) is 12.8 Å². The molecule has 1 aliphatic rings. The molecule has 5 nitrogen and oxygen atoms in total. The Morgan fingerprint density at radius 1 is 1.43 bits per heavy atom. The van der Waals surface area contributed by atoms with Crippen molar-refractivity contribution < 1.29 is 4.79 Å². The first-order valence-corrected chi connectivity index (χ1v) is 4.58. The molecule has 0 amide bonds. The molecule has 0 atom stereocenters. The maximum absolute atomic E-state index is 11.4. The van der Waals surface area contributed by atoms with Crippen LogP contribution in [0.4, 0.5) is 5.82 Å². The zero-order valence-corrected chi connectivity index (χ0v) is 7.69. The first-order chi connectivity index (χ1) is 6.77. The summed E-state index contributed by atoms with van der Waals surface area (Å²) in [6.45, 7) is 1.03. The lowest BCUT2D eigenvalue weighted by Crippen LogP contribution is -2.39. The van der Waals surface area contributed by atoms with Crippen molar-refractivity contribution in [2.24, 2.45) is 0 Å². The second kappa shape index (κ2) is 3.61. The molecule has 0 spiro atoms. The highest BCUT2D eigenvalue weighted by molar-refractivity contribution is 5.84. The van der Waals surface area contributed by atoms with Crippen molar-refractivity contribution in [3.8, 4) is 0 Å². The molecule has 0 aliphatic carbocycles. The van der Waals surface area contributed by atoms with Crippen LogP contribution in [0.15, 0.2) is 17.2 Å². The number of ketones is 1. The Hall–Kier alpha value is -1.65. The zero-order chi connectivity index (χ0) is 9.97. The van der Waals surface area contributed by atoms with Gasteiger partial charge < -0.3 is 9.88 Å². The Balaban J connectivity index is 2.26. The minimum Gasteiger partial charge on any atom is -0.345 e. The van der Waals surface area contributed by atoms with Gasteiger partial charge in [-0.3, -0.25) is 9.59 Å². The number of nitrogens with zero attached hydrogens (tertiary/aromatic N) is 2. The molecule has 14 heavy (non-hydrogen) atoms. The van der Waals surface area contributed by atoms with Crippen molar-refractivity contribution in [2.45, 2.75) is 12.8 Å². The number of aromatic nitrogens is 2. The van der Waals surface area contributed by atoms with Gasteiger partial charge in [0.15, 0.2) is 11.6 Å². The SMILES string of the molecule is O=C1CCCN(c2ncc[nH]c2=O)C1. The van der Waals surface area contributed by atoms with Crippen LogP contribution in [-0.2, 0) is 4.79 Å². The van der Waals surface area contributed by atoms with Crippen LogP contribution >= 0.6 is 0 Å². The Bertz CT molecular complexity index is 399. The maximum atomic E-state index is 11.4. The van der Waals surface area contributed by atoms with E-state index in [1.807, 2.05) is 0 Å². The molecule has 1 fully saturated rings. The zero-order valence-electron chi connectivity index (χ0n) is 7.69. The molecule has 1 aromatic rings. The fourth-order valence-electron chi connectivity index (χ4n) is 1.59. The number of hydrogen-bond acceptors (Lipinski definition) is 4. The van der Waals surface area contributed by atoms with Crippen molar-refractivity contribution in [2.75, 3.05) is 18.0 Å². The first kappa shape index (κ1) is 8.93. The van der Waals surface area contributed by atoms with Crippen LogP contribution in [0.3, 0.4) is 0 Å². The molecular weight excluding hydrogens is 182 g/mol. The summed E-state index contributed by atoms with van der Waals surface area (Å²) < 4.78 is 0. The van der Waals surface area contributed by atoms with E-state index in [-0.39, 0.29) is 11.3 Å². The molecule has 1 aliphatic heterocycles. The summed E-state index contributed by atoms with van der Waals surface area (Å²) in [5, 5.41) is 0. The lowest BCUT2D eigenvalue weighted by atomic mass is 10.1. The highest BCUT2D eigenvalue weighted by atomic mass is 16.1. The number of nitrogens with one attached hydrogen (secondary N) is 1. The molecule has 0 aromatic carbocycles. The summed E-state index contributed by atoms with van der Waals surface area (Å²) in [6.07, 6.45) is 4.42. The number of carbonyl (C=O) groups is 1. The maximum Gasteiger partial charge on any atom is 0.290 e. The van der Waals surface area contributed by atoms with E-state index in [4.69, 9.17) is 0 Å². The molecule has 0 bridgehead atoms. The summed E-state index contributed by atoms with van der Waals surface area (Å²) >= 11 is 0. The molecule has 1 N–H and O–H groups in total. The fraction of sp³-hybridized carbons (Fsp3) is 0.444. The van der Waals surface area contributed by atoms with Crippen LogP contribution in [0.25, 0.3) is 0 Å². The minimum atomic E-state index is -0.234. The standard InChI is InChI=1S/C9H11N3O2/c13-7-2-1-5-12(6-7)8-9(14)11-4-3-10-8/h3-4H,1-2,5-6H2,(H,11,14). The average Bonchev–Trinajstić information content (AvgIpc) is 2.18. The van der Waals surface area contributed by atoms with Gasteiger partial charge in [0.25, 0.3) is 5.56 Å². The minimum absolute atomic E-state index is 0.168. The first-order valence-electron chi connectivity index (χ1n) is 4.58. The molecule has 0 radical (unpaired) electrons. The Morgan fingerprint density at radius 2 is 2.29 bits per heavy atom. The topological polar surface area (TPSA) is 66.1 Å². The molecule has 2 rings (SSSR count). The second-order valence-corrected chi connectivity index (χ2v) is 3.31. The molecule has 1 aromatic heterocycles. The van der Waals surface area contributed by atoms with Crippen LogP contribution in [-0.4, -0.2) is 28.8 Å². The van der Waals surface area contributed by atoms with Gasteiger partial charge in [0, 0.05) is 25.4 Å². The Kier molecular flexibility index (Phi) is 2.30. The van der Waals surface area contributed by atoms with Crippen LogP contribution in [0.5, 0.6) is 0 Å². The van der Waals surface area contributed by atoms with Gasteiger partial charge in [-0.05, 0) is 6.42 Å². The third-order valence-corrected chi connectivity index (χ3v) is 2.24. The van der Waals surface area contributed by atoms with E-state index in [0.29, 0.717) is 18.8 Å². The molecule has 5 heteroatoms. The Labute approximate surface area is 80.8 Å². The number of aromatic amines is 1. The van der Waals surface area contributed by atoms with Crippen LogP contribution in [0.2, 0.25) is 0 Å². The smallest absolute Gasteiger partial charge is 0.290 e. The van der Waals surface area contributed by atoms with Gasteiger partial charge in [-0.2, -0.15) is 0 Å². The van der Waals surface area contributed by atoms with E-state index < -0.39 is 0 Å². The predicted molar refractivity (Wildman–Crippen MR) is 51.3 cm³/mol. The number of carbonyl (C=O) groups excluding carboxylic acids is 1. The van der Waals surface area contributed by atoms with Crippen molar-refractivity contribution in [1.29, 1.82) is 0 Å². The van der Waals surface area contributed by atoms with Crippen molar-refractivity contribution in [1.82, 2.24) is 9.97 Å². The average molecular weight is 193 g/mol. The number of hydrogen-bond donors (Lipinski definition) is 1.